The first-order valence-corrected chi connectivity index (χ1v) is 11.2. The van der Waals surface area contributed by atoms with Crippen molar-refractivity contribution in [3.63, 3.8) is 0 Å². The fourth-order valence-electron chi connectivity index (χ4n) is 3.36. The van der Waals surface area contributed by atoms with Gasteiger partial charge in [-0.25, -0.2) is 9.37 Å². The second-order valence-electron chi connectivity index (χ2n) is 7.51. The van der Waals surface area contributed by atoms with Crippen molar-refractivity contribution in [2.24, 2.45) is 0 Å². The van der Waals surface area contributed by atoms with E-state index in [0.29, 0.717) is 16.6 Å². The Balaban J connectivity index is 1.49. The number of likely N-dealkylation sites (N-methyl/N-ethyl adjacent to an activating group) is 1. The minimum Gasteiger partial charge on any atom is -0.459 e. The molecule has 2 heterocycles. The van der Waals surface area contributed by atoms with Gasteiger partial charge in [-0.1, -0.05) is 30.3 Å². The highest BCUT2D eigenvalue weighted by Gasteiger charge is 2.21. The number of nitrogens with zero attached hydrogens (tertiary/aromatic N) is 3. The second kappa shape index (κ2) is 9.38. The van der Waals surface area contributed by atoms with Crippen molar-refractivity contribution in [1.82, 2.24) is 9.88 Å². The predicted octanol–water partition coefficient (Wildman–Crippen LogP) is 5.95. The highest BCUT2D eigenvalue weighted by molar-refractivity contribution is 7.14. The number of aromatic nitrogens is 1. The third-order valence-electron chi connectivity index (χ3n) is 5.29. The number of amides is 2. The molecule has 2 aromatic carbocycles. The molecule has 4 aromatic rings. The van der Waals surface area contributed by atoms with E-state index in [1.165, 1.54) is 41.4 Å². The molecule has 4 rings (SSSR count). The van der Waals surface area contributed by atoms with E-state index in [4.69, 9.17) is 4.42 Å². The minimum atomic E-state index is -0.517. The van der Waals surface area contributed by atoms with Crippen LogP contribution in [-0.2, 0) is 9.59 Å². The first-order valence-electron chi connectivity index (χ1n) is 10.3. The van der Waals surface area contributed by atoms with Gasteiger partial charge in [0.15, 0.2) is 5.13 Å². The number of fused-ring (bicyclic) bond motifs is 1. The van der Waals surface area contributed by atoms with Gasteiger partial charge in [0.2, 0.25) is 11.8 Å². The van der Waals surface area contributed by atoms with Gasteiger partial charge in [0.1, 0.15) is 17.2 Å². The Kier molecular flexibility index (Phi) is 6.37. The zero-order valence-corrected chi connectivity index (χ0v) is 19.2. The molecular formula is C25H22FN3O3S. The third kappa shape index (κ3) is 4.70. The van der Waals surface area contributed by atoms with E-state index in [2.05, 4.69) is 4.98 Å². The van der Waals surface area contributed by atoms with E-state index in [-0.39, 0.29) is 23.5 Å². The van der Waals surface area contributed by atoms with Crippen LogP contribution in [-0.4, -0.2) is 28.7 Å². The SMILES string of the molecule is CC(=O)N(c1nc(/C=C/C(=O)N(C)C(C)c2cc3ccccc3o2)cs1)c1ccccc1F. The van der Waals surface area contributed by atoms with E-state index in [1.807, 2.05) is 37.3 Å². The Morgan fingerprint density at radius 2 is 1.88 bits per heavy atom. The normalized spacial score (nSPS) is 12.2. The smallest absolute Gasteiger partial charge is 0.246 e. The molecule has 0 N–H and O–H groups in total. The van der Waals surface area contributed by atoms with Crippen molar-refractivity contribution >= 4 is 51.0 Å². The third-order valence-corrected chi connectivity index (χ3v) is 6.13. The van der Waals surface area contributed by atoms with E-state index in [9.17, 15) is 14.0 Å². The number of benzene rings is 2. The number of carbonyl (C=O) groups is 2. The quantitative estimate of drug-likeness (QED) is 0.332. The van der Waals surface area contributed by atoms with Crippen LogP contribution in [0.5, 0.6) is 0 Å². The van der Waals surface area contributed by atoms with E-state index < -0.39 is 5.82 Å². The van der Waals surface area contributed by atoms with Crippen LogP contribution in [0.15, 0.2) is 70.5 Å². The van der Waals surface area contributed by atoms with Gasteiger partial charge in [-0.2, -0.15) is 0 Å². The van der Waals surface area contributed by atoms with Crippen LogP contribution >= 0.6 is 11.3 Å². The van der Waals surface area contributed by atoms with Crippen LogP contribution in [0, 0.1) is 5.82 Å². The molecule has 0 saturated heterocycles. The predicted molar refractivity (Wildman–Crippen MR) is 128 cm³/mol. The molecule has 0 spiro atoms. The standard InChI is InChI=1S/C25H22FN3O3S/c1-16(23-14-18-8-4-7-11-22(18)32-23)28(3)24(31)13-12-19-15-33-25(27-19)29(17(2)30)21-10-6-5-9-20(21)26/h4-16H,1-3H3/b13-12+. The maximum atomic E-state index is 14.2. The van der Waals surface area contributed by atoms with Crippen molar-refractivity contribution < 1.29 is 18.4 Å². The van der Waals surface area contributed by atoms with Gasteiger partial charge in [0.25, 0.3) is 0 Å². The number of furan rings is 1. The Hall–Kier alpha value is -3.78. The van der Waals surface area contributed by atoms with Gasteiger partial charge in [0.05, 0.1) is 17.4 Å². The van der Waals surface area contributed by atoms with Gasteiger partial charge in [-0.05, 0) is 37.3 Å². The molecule has 8 heteroatoms. The molecule has 0 bridgehead atoms. The number of thiazole rings is 1. The zero-order valence-electron chi connectivity index (χ0n) is 18.4. The van der Waals surface area contributed by atoms with Crippen molar-refractivity contribution in [3.05, 3.63) is 83.3 Å². The Morgan fingerprint density at radius 3 is 2.61 bits per heavy atom. The highest BCUT2D eigenvalue weighted by Crippen LogP contribution is 2.31. The summed E-state index contributed by atoms with van der Waals surface area (Å²) in [5, 5.41) is 3.01. The second-order valence-corrected chi connectivity index (χ2v) is 8.34. The summed E-state index contributed by atoms with van der Waals surface area (Å²) in [7, 11) is 1.70. The number of rotatable bonds is 6. The lowest BCUT2D eigenvalue weighted by molar-refractivity contribution is -0.126. The molecule has 0 radical (unpaired) electrons. The molecule has 1 unspecified atom stereocenters. The first kappa shape index (κ1) is 22.4. The van der Waals surface area contributed by atoms with Gasteiger partial charge >= 0.3 is 0 Å². The molecule has 0 aliphatic heterocycles. The van der Waals surface area contributed by atoms with E-state index in [0.717, 1.165) is 11.0 Å². The summed E-state index contributed by atoms with van der Waals surface area (Å²) in [6.45, 7) is 3.24. The number of hydrogen-bond donors (Lipinski definition) is 0. The molecule has 168 valence electrons. The molecular weight excluding hydrogens is 441 g/mol. The molecule has 0 aliphatic rings. The number of halogens is 1. The van der Waals surface area contributed by atoms with Gasteiger partial charge in [0, 0.05) is 30.8 Å². The molecule has 0 saturated carbocycles. The van der Waals surface area contributed by atoms with Gasteiger partial charge in [-0.15, -0.1) is 11.3 Å². The number of anilines is 2. The maximum Gasteiger partial charge on any atom is 0.246 e. The van der Waals surface area contributed by atoms with Gasteiger partial charge < -0.3 is 9.32 Å². The Morgan fingerprint density at radius 1 is 1.15 bits per heavy atom. The van der Waals surface area contributed by atoms with Crippen LogP contribution in [0.1, 0.15) is 31.3 Å². The van der Waals surface area contributed by atoms with Crippen molar-refractivity contribution in [1.29, 1.82) is 0 Å². The largest absolute Gasteiger partial charge is 0.459 e. The summed E-state index contributed by atoms with van der Waals surface area (Å²) < 4.78 is 20.1. The summed E-state index contributed by atoms with van der Waals surface area (Å²) in [4.78, 5) is 32.1. The summed E-state index contributed by atoms with van der Waals surface area (Å²) in [5.74, 6) is -0.412. The van der Waals surface area contributed by atoms with Crippen LogP contribution in [0.25, 0.3) is 17.0 Å². The fourth-order valence-corrected chi connectivity index (χ4v) is 4.21. The molecule has 2 aromatic heterocycles. The number of hydrogen-bond acceptors (Lipinski definition) is 5. The lowest BCUT2D eigenvalue weighted by Gasteiger charge is -2.21. The molecule has 1 atom stereocenters. The van der Waals surface area contributed by atoms with Crippen molar-refractivity contribution in [2.45, 2.75) is 19.9 Å². The van der Waals surface area contributed by atoms with Gasteiger partial charge in [-0.3, -0.25) is 14.5 Å². The summed E-state index contributed by atoms with van der Waals surface area (Å²) in [5.41, 5.74) is 1.40. The van der Waals surface area contributed by atoms with Crippen molar-refractivity contribution in [3.8, 4) is 0 Å². The highest BCUT2D eigenvalue weighted by atomic mass is 32.1. The summed E-state index contributed by atoms with van der Waals surface area (Å²) in [6, 6.07) is 15.4. The average molecular weight is 464 g/mol. The Bertz CT molecular complexity index is 1310. The monoisotopic (exact) mass is 463 g/mol. The fraction of sp³-hybridized carbons (Fsp3) is 0.160. The Labute approximate surface area is 194 Å². The molecule has 0 fully saturated rings. The molecule has 33 heavy (non-hydrogen) atoms. The van der Waals surface area contributed by atoms with Crippen LogP contribution in [0.4, 0.5) is 15.2 Å². The topological polar surface area (TPSA) is 66.7 Å². The summed E-state index contributed by atoms with van der Waals surface area (Å²) >= 11 is 1.19. The molecule has 6 nitrogen and oxygen atoms in total. The van der Waals surface area contributed by atoms with Crippen LogP contribution in [0.3, 0.4) is 0 Å². The first-order chi connectivity index (χ1) is 15.8. The van der Waals surface area contributed by atoms with E-state index >= 15 is 0 Å². The van der Waals surface area contributed by atoms with E-state index in [1.54, 1.807) is 35.5 Å². The number of para-hydroxylation sites is 2. The van der Waals surface area contributed by atoms with Crippen molar-refractivity contribution in [2.75, 3.05) is 11.9 Å². The van der Waals surface area contributed by atoms with Crippen LogP contribution < -0.4 is 4.90 Å². The maximum absolute atomic E-state index is 14.2. The lowest BCUT2D eigenvalue weighted by Crippen LogP contribution is -2.27. The molecule has 2 amide bonds. The average Bonchev–Trinajstić information content (AvgIpc) is 3.45. The summed E-state index contributed by atoms with van der Waals surface area (Å²) in [6.07, 6.45) is 2.99. The zero-order chi connectivity index (χ0) is 23.5. The number of carbonyl (C=O) groups excluding carboxylic acids is 2. The van der Waals surface area contributed by atoms with Crippen LogP contribution in [0.2, 0.25) is 0 Å². The minimum absolute atomic E-state index is 0.130. The lowest BCUT2D eigenvalue weighted by atomic mass is 10.2. The molecule has 0 aliphatic carbocycles.